The highest BCUT2D eigenvalue weighted by Crippen LogP contribution is 2.34. The number of likely N-dealkylation sites (tertiary alicyclic amines) is 1. The number of halogens is 2. The molecule has 0 aromatic carbocycles. The number of fused-ring (bicyclic) bond motifs is 1. The summed E-state index contributed by atoms with van der Waals surface area (Å²) in [4.78, 5) is 24.6. The van der Waals surface area contributed by atoms with E-state index >= 15 is 0 Å². The van der Waals surface area contributed by atoms with Gasteiger partial charge in [0.15, 0.2) is 0 Å². The van der Waals surface area contributed by atoms with Crippen LogP contribution in [0.3, 0.4) is 0 Å². The first-order valence-corrected chi connectivity index (χ1v) is 14.7. The fraction of sp³-hybridized carbons (Fsp3) is 0.600. The first-order valence-electron chi connectivity index (χ1n) is 14.7. The van der Waals surface area contributed by atoms with Crippen LogP contribution in [-0.4, -0.2) is 73.3 Å². The van der Waals surface area contributed by atoms with E-state index < -0.39 is 5.92 Å². The van der Waals surface area contributed by atoms with Gasteiger partial charge in [0.05, 0.1) is 29.2 Å². The van der Waals surface area contributed by atoms with Crippen molar-refractivity contribution in [3.63, 3.8) is 0 Å². The number of pyridine rings is 2. The fourth-order valence-electron chi connectivity index (χ4n) is 6.30. The first-order chi connectivity index (χ1) is 19.6. The van der Waals surface area contributed by atoms with Crippen LogP contribution in [0.25, 0.3) is 11.0 Å². The maximum atomic E-state index is 13.5. The largest absolute Gasteiger partial charge is 0.364 e. The van der Waals surface area contributed by atoms with Crippen molar-refractivity contribution in [2.24, 2.45) is 7.05 Å². The molecule has 5 heterocycles. The van der Waals surface area contributed by atoms with Crippen molar-refractivity contribution in [1.29, 1.82) is 5.26 Å². The Balaban J connectivity index is 1.34. The van der Waals surface area contributed by atoms with Gasteiger partial charge in [-0.2, -0.15) is 10.4 Å². The number of anilines is 1. The molecular weight excluding hydrogens is 526 g/mol. The van der Waals surface area contributed by atoms with Gasteiger partial charge in [-0.3, -0.25) is 24.3 Å². The SMILES string of the molecule is CC[C@H]1CN([C@@H](C)c2ccc(CN3CCC(F)(F)CC3)nc2)[C@H](CC)CN1c1cc(=O)n(C)c2cn(CC#N)nc12. The predicted molar refractivity (Wildman–Crippen MR) is 155 cm³/mol. The third-order valence-corrected chi connectivity index (χ3v) is 8.96. The lowest BCUT2D eigenvalue weighted by molar-refractivity contribution is -0.0568. The average molecular weight is 567 g/mol. The number of piperidine rings is 1. The lowest BCUT2D eigenvalue weighted by atomic mass is 9.97. The number of alkyl halides is 2. The minimum absolute atomic E-state index is 0.0874. The zero-order valence-electron chi connectivity index (χ0n) is 24.4. The summed E-state index contributed by atoms with van der Waals surface area (Å²) < 4.78 is 30.2. The minimum Gasteiger partial charge on any atom is -0.364 e. The molecule has 0 unspecified atom stereocenters. The van der Waals surface area contributed by atoms with Crippen LogP contribution in [0.15, 0.2) is 35.4 Å². The summed E-state index contributed by atoms with van der Waals surface area (Å²) in [6.45, 7) is 9.68. The zero-order chi connectivity index (χ0) is 29.3. The van der Waals surface area contributed by atoms with Crippen molar-refractivity contribution < 1.29 is 8.78 Å². The number of hydrogen-bond donors (Lipinski definition) is 0. The van der Waals surface area contributed by atoms with Crippen molar-refractivity contribution in [3.05, 3.63) is 52.2 Å². The van der Waals surface area contributed by atoms with Crippen molar-refractivity contribution in [1.82, 2.24) is 29.1 Å². The molecule has 2 aliphatic rings. The Kier molecular flexibility index (Phi) is 8.43. The smallest absolute Gasteiger partial charge is 0.252 e. The van der Waals surface area contributed by atoms with Crippen LogP contribution >= 0.6 is 0 Å². The van der Waals surface area contributed by atoms with E-state index in [9.17, 15) is 18.8 Å². The van der Waals surface area contributed by atoms with E-state index in [4.69, 9.17) is 4.98 Å². The van der Waals surface area contributed by atoms with Gasteiger partial charge in [0, 0.05) is 83.0 Å². The van der Waals surface area contributed by atoms with Gasteiger partial charge in [0.25, 0.3) is 11.5 Å². The number of nitriles is 1. The van der Waals surface area contributed by atoms with Gasteiger partial charge < -0.3 is 9.47 Å². The van der Waals surface area contributed by atoms with E-state index in [1.807, 2.05) is 12.3 Å². The molecule has 0 N–H and O–H groups in total. The van der Waals surface area contributed by atoms with Crippen molar-refractivity contribution in [2.75, 3.05) is 31.1 Å². The summed E-state index contributed by atoms with van der Waals surface area (Å²) in [7, 11) is 1.74. The molecule has 3 atom stereocenters. The molecule has 5 rings (SSSR count). The predicted octanol–water partition coefficient (Wildman–Crippen LogP) is 4.33. The second-order valence-corrected chi connectivity index (χ2v) is 11.5. The lowest BCUT2D eigenvalue weighted by Gasteiger charge is -2.49. The number of aryl methyl sites for hydroxylation is 1. The summed E-state index contributed by atoms with van der Waals surface area (Å²) in [5.41, 5.74) is 4.25. The Labute approximate surface area is 240 Å². The zero-order valence-corrected chi connectivity index (χ0v) is 24.4. The van der Waals surface area contributed by atoms with Crippen LogP contribution in [0, 0.1) is 11.3 Å². The van der Waals surface area contributed by atoms with E-state index in [1.165, 1.54) is 0 Å². The molecule has 9 nitrogen and oxygen atoms in total. The lowest BCUT2D eigenvalue weighted by Crippen LogP contribution is -2.58. The second-order valence-electron chi connectivity index (χ2n) is 11.5. The summed E-state index contributed by atoms with van der Waals surface area (Å²) in [6, 6.07) is 8.55. The molecule has 2 aliphatic heterocycles. The summed E-state index contributed by atoms with van der Waals surface area (Å²) in [6.07, 6.45) is 5.38. The fourth-order valence-corrected chi connectivity index (χ4v) is 6.30. The van der Waals surface area contributed by atoms with E-state index in [0.717, 1.165) is 53.9 Å². The van der Waals surface area contributed by atoms with Crippen LogP contribution in [0.4, 0.5) is 14.5 Å². The van der Waals surface area contributed by atoms with Crippen LogP contribution in [-0.2, 0) is 20.1 Å². The molecule has 41 heavy (non-hydrogen) atoms. The normalized spacial score (nSPS) is 22.6. The first kappa shape index (κ1) is 29.1. The number of hydrogen-bond acceptors (Lipinski definition) is 7. The molecule has 0 bridgehead atoms. The Hall–Kier alpha value is -3.36. The van der Waals surface area contributed by atoms with Crippen molar-refractivity contribution in [3.8, 4) is 6.07 Å². The Morgan fingerprint density at radius 1 is 1.15 bits per heavy atom. The molecule has 0 saturated carbocycles. The number of rotatable bonds is 8. The van der Waals surface area contributed by atoms with Crippen LogP contribution in [0.2, 0.25) is 0 Å². The van der Waals surface area contributed by atoms with E-state index in [-0.39, 0.29) is 43.1 Å². The van der Waals surface area contributed by atoms with Gasteiger partial charge in [-0.1, -0.05) is 19.9 Å². The van der Waals surface area contributed by atoms with Crippen LogP contribution < -0.4 is 10.5 Å². The standard InChI is InChI=1S/C30H40F2N8O/c1-5-24-19-40(26-15-28(41)36(4)27-20-38(14-11-33)35-29(26)27)25(6-2)18-39(24)21(3)22-7-8-23(34-16-22)17-37-12-9-30(31,32)10-13-37/h7-8,15-16,20-21,24-25H,5-6,9-10,12-14,17-19H2,1-4H3/t21-,24+,25-/m0/s1. The van der Waals surface area contributed by atoms with Gasteiger partial charge in [-0.05, 0) is 31.4 Å². The Morgan fingerprint density at radius 3 is 2.51 bits per heavy atom. The molecule has 220 valence electrons. The monoisotopic (exact) mass is 566 g/mol. The molecule has 2 fully saturated rings. The second kappa shape index (κ2) is 11.9. The molecule has 2 saturated heterocycles. The molecule has 0 aliphatic carbocycles. The van der Waals surface area contributed by atoms with Crippen molar-refractivity contribution in [2.45, 2.75) is 83.6 Å². The van der Waals surface area contributed by atoms with Gasteiger partial charge in [-0.25, -0.2) is 8.78 Å². The molecule has 0 spiro atoms. The van der Waals surface area contributed by atoms with Gasteiger partial charge in [0.2, 0.25) is 0 Å². The minimum atomic E-state index is -2.54. The maximum absolute atomic E-state index is 13.5. The topological polar surface area (TPSA) is 86.2 Å². The number of aromatic nitrogens is 4. The molecule has 0 radical (unpaired) electrons. The summed E-state index contributed by atoms with van der Waals surface area (Å²) >= 11 is 0. The van der Waals surface area contributed by atoms with Crippen molar-refractivity contribution >= 4 is 16.7 Å². The molecule has 11 heteroatoms. The maximum Gasteiger partial charge on any atom is 0.252 e. The summed E-state index contributed by atoms with van der Waals surface area (Å²) in [5.74, 6) is -2.54. The Morgan fingerprint density at radius 2 is 1.88 bits per heavy atom. The highest BCUT2D eigenvalue weighted by molar-refractivity contribution is 5.88. The number of nitrogens with zero attached hydrogens (tertiary/aromatic N) is 8. The van der Waals surface area contributed by atoms with E-state index in [2.05, 4.69) is 52.7 Å². The quantitative estimate of drug-likeness (QED) is 0.401. The molecule has 3 aromatic heterocycles. The third kappa shape index (κ3) is 5.99. The Bertz CT molecular complexity index is 1450. The average Bonchev–Trinajstić information content (AvgIpc) is 3.40. The highest BCUT2D eigenvalue weighted by Gasteiger charge is 2.37. The highest BCUT2D eigenvalue weighted by atomic mass is 19.3. The summed E-state index contributed by atoms with van der Waals surface area (Å²) in [5, 5.41) is 13.9. The van der Waals surface area contributed by atoms with Gasteiger partial charge in [0.1, 0.15) is 12.1 Å². The van der Waals surface area contributed by atoms with Gasteiger partial charge >= 0.3 is 0 Å². The van der Waals surface area contributed by atoms with Crippen LogP contribution in [0.5, 0.6) is 0 Å². The van der Waals surface area contributed by atoms with E-state index in [1.54, 1.807) is 28.6 Å². The molecule has 0 amide bonds. The van der Waals surface area contributed by atoms with E-state index in [0.29, 0.717) is 19.6 Å². The van der Waals surface area contributed by atoms with Crippen LogP contribution in [0.1, 0.15) is 63.8 Å². The van der Waals surface area contributed by atoms with Gasteiger partial charge in [-0.15, -0.1) is 0 Å². The third-order valence-electron chi connectivity index (χ3n) is 8.96. The molecule has 3 aromatic rings. The molecular formula is C30H40F2N8O. The number of piperazine rings is 1.